The summed E-state index contributed by atoms with van der Waals surface area (Å²) in [5.74, 6) is 1.26. The van der Waals surface area contributed by atoms with Gasteiger partial charge in [-0.2, -0.15) is 0 Å². The van der Waals surface area contributed by atoms with E-state index < -0.39 is 0 Å². The zero-order valence-corrected chi connectivity index (χ0v) is 12.5. The van der Waals surface area contributed by atoms with Crippen molar-refractivity contribution in [2.75, 3.05) is 6.54 Å². The Labute approximate surface area is 124 Å². The van der Waals surface area contributed by atoms with Gasteiger partial charge < -0.3 is 10.1 Å². The first-order chi connectivity index (χ1) is 9.69. The van der Waals surface area contributed by atoms with Crippen LogP contribution in [0.25, 0.3) is 0 Å². The number of nitrogens with one attached hydrogen (secondary N) is 1. The highest BCUT2D eigenvalue weighted by molar-refractivity contribution is 6.30. The van der Waals surface area contributed by atoms with Crippen LogP contribution in [-0.4, -0.2) is 11.5 Å². The van der Waals surface area contributed by atoms with Gasteiger partial charge in [0.05, 0.1) is 0 Å². The Hall–Kier alpha value is -1.58. The summed E-state index contributed by atoms with van der Waals surface area (Å²) in [7, 11) is 0. The quantitative estimate of drug-likeness (QED) is 0.845. The van der Waals surface area contributed by atoms with E-state index in [1.807, 2.05) is 36.5 Å². The number of nitrogens with zero attached hydrogens (tertiary/aromatic N) is 1. The Morgan fingerprint density at radius 2 is 2.15 bits per heavy atom. The van der Waals surface area contributed by atoms with Crippen molar-refractivity contribution < 1.29 is 4.74 Å². The fourth-order valence-electron chi connectivity index (χ4n) is 1.84. The molecule has 1 heterocycles. The maximum absolute atomic E-state index is 5.92. The van der Waals surface area contributed by atoms with Crippen molar-refractivity contribution in [3.63, 3.8) is 0 Å². The van der Waals surface area contributed by atoms with E-state index in [1.165, 1.54) is 0 Å². The van der Waals surface area contributed by atoms with E-state index in [4.69, 9.17) is 16.3 Å². The summed E-state index contributed by atoms with van der Waals surface area (Å²) in [4.78, 5) is 4.33. The second kappa shape index (κ2) is 7.27. The predicted octanol–water partition coefficient (Wildman–Crippen LogP) is 4.59. The van der Waals surface area contributed by atoms with Crippen LogP contribution in [0.2, 0.25) is 5.02 Å². The number of benzene rings is 1. The SMILES string of the molecule is CCCNC(C)c1ccc(Oc2cccc(Cl)c2)nc1. The molecule has 0 radical (unpaired) electrons. The summed E-state index contributed by atoms with van der Waals surface area (Å²) < 4.78 is 5.66. The maximum atomic E-state index is 5.92. The van der Waals surface area contributed by atoms with Crippen LogP contribution < -0.4 is 10.1 Å². The van der Waals surface area contributed by atoms with Gasteiger partial charge in [-0.25, -0.2) is 4.98 Å². The second-order valence-electron chi connectivity index (χ2n) is 4.67. The molecular formula is C16H19ClN2O. The molecule has 2 rings (SSSR count). The zero-order chi connectivity index (χ0) is 14.4. The van der Waals surface area contributed by atoms with Gasteiger partial charge in [0.25, 0.3) is 0 Å². The highest BCUT2D eigenvalue weighted by atomic mass is 35.5. The summed E-state index contributed by atoms with van der Waals surface area (Å²) in [6.45, 7) is 5.28. The molecule has 1 aromatic carbocycles. The fourth-order valence-corrected chi connectivity index (χ4v) is 2.02. The smallest absolute Gasteiger partial charge is 0.219 e. The second-order valence-corrected chi connectivity index (χ2v) is 5.10. The summed E-state index contributed by atoms with van der Waals surface area (Å²) >= 11 is 5.92. The highest BCUT2D eigenvalue weighted by Gasteiger charge is 2.05. The Bertz CT molecular complexity index is 542. The molecule has 106 valence electrons. The third-order valence-electron chi connectivity index (χ3n) is 2.98. The molecule has 1 aromatic heterocycles. The standard InChI is InChI=1S/C16H19ClN2O/c1-3-9-18-12(2)13-7-8-16(19-11-13)20-15-6-4-5-14(17)10-15/h4-8,10-12,18H,3,9H2,1-2H3. The lowest BCUT2D eigenvalue weighted by Gasteiger charge is -2.13. The fraction of sp³-hybridized carbons (Fsp3) is 0.312. The van der Waals surface area contributed by atoms with Gasteiger partial charge in [0.15, 0.2) is 0 Å². The van der Waals surface area contributed by atoms with Crippen molar-refractivity contribution in [3.8, 4) is 11.6 Å². The van der Waals surface area contributed by atoms with Gasteiger partial charge >= 0.3 is 0 Å². The van der Waals surface area contributed by atoms with Crippen LogP contribution in [0.15, 0.2) is 42.6 Å². The molecule has 0 spiro atoms. The average molecular weight is 291 g/mol. The van der Waals surface area contributed by atoms with Gasteiger partial charge in [0.1, 0.15) is 5.75 Å². The van der Waals surface area contributed by atoms with Crippen LogP contribution in [0, 0.1) is 0 Å². The molecule has 0 aliphatic heterocycles. The van der Waals surface area contributed by atoms with Crippen LogP contribution >= 0.6 is 11.6 Å². The Balaban J connectivity index is 2.01. The molecule has 20 heavy (non-hydrogen) atoms. The van der Waals surface area contributed by atoms with Gasteiger partial charge in [-0.3, -0.25) is 0 Å². The maximum Gasteiger partial charge on any atom is 0.219 e. The summed E-state index contributed by atoms with van der Waals surface area (Å²) in [5, 5.41) is 4.08. The lowest BCUT2D eigenvalue weighted by atomic mass is 10.1. The van der Waals surface area contributed by atoms with E-state index in [0.29, 0.717) is 22.7 Å². The summed E-state index contributed by atoms with van der Waals surface area (Å²) in [5.41, 5.74) is 1.15. The van der Waals surface area contributed by atoms with Crippen molar-refractivity contribution >= 4 is 11.6 Å². The summed E-state index contributed by atoms with van der Waals surface area (Å²) in [6, 6.07) is 11.5. The Morgan fingerprint density at radius 1 is 1.30 bits per heavy atom. The first kappa shape index (κ1) is 14.8. The molecule has 3 nitrogen and oxygen atoms in total. The van der Waals surface area contributed by atoms with E-state index in [1.54, 1.807) is 6.07 Å². The lowest BCUT2D eigenvalue weighted by Crippen LogP contribution is -2.19. The lowest BCUT2D eigenvalue weighted by molar-refractivity contribution is 0.461. The van der Waals surface area contributed by atoms with Gasteiger partial charge in [0.2, 0.25) is 5.88 Å². The van der Waals surface area contributed by atoms with Crippen LogP contribution in [0.1, 0.15) is 31.9 Å². The molecule has 2 aromatic rings. The molecule has 1 atom stereocenters. The van der Waals surface area contributed by atoms with Crippen LogP contribution in [-0.2, 0) is 0 Å². The number of hydrogen-bond donors (Lipinski definition) is 1. The highest BCUT2D eigenvalue weighted by Crippen LogP contribution is 2.23. The summed E-state index contributed by atoms with van der Waals surface area (Å²) in [6.07, 6.45) is 2.96. The number of rotatable bonds is 6. The zero-order valence-electron chi connectivity index (χ0n) is 11.8. The van der Waals surface area contributed by atoms with Crippen molar-refractivity contribution in [1.29, 1.82) is 0 Å². The number of ether oxygens (including phenoxy) is 1. The average Bonchev–Trinajstić information content (AvgIpc) is 2.45. The molecule has 0 amide bonds. The number of pyridine rings is 1. The van der Waals surface area contributed by atoms with Crippen molar-refractivity contribution in [3.05, 3.63) is 53.2 Å². The molecule has 0 fully saturated rings. The predicted molar refractivity (Wildman–Crippen MR) is 82.5 cm³/mol. The topological polar surface area (TPSA) is 34.1 Å². The van der Waals surface area contributed by atoms with E-state index >= 15 is 0 Å². The Morgan fingerprint density at radius 3 is 2.80 bits per heavy atom. The van der Waals surface area contributed by atoms with Gasteiger partial charge in [0, 0.05) is 23.3 Å². The molecule has 1 unspecified atom stereocenters. The van der Waals surface area contributed by atoms with Gasteiger partial charge in [-0.1, -0.05) is 30.7 Å². The first-order valence-corrected chi connectivity index (χ1v) is 7.19. The molecule has 0 aliphatic rings. The van der Waals surface area contributed by atoms with Crippen molar-refractivity contribution in [1.82, 2.24) is 10.3 Å². The number of hydrogen-bond acceptors (Lipinski definition) is 3. The Kier molecular flexibility index (Phi) is 5.39. The van der Waals surface area contributed by atoms with E-state index in [0.717, 1.165) is 18.5 Å². The molecule has 4 heteroatoms. The van der Waals surface area contributed by atoms with E-state index in [2.05, 4.69) is 24.1 Å². The van der Waals surface area contributed by atoms with E-state index in [9.17, 15) is 0 Å². The minimum atomic E-state index is 0.294. The third-order valence-corrected chi connectivity index (χ3v) is 3.21. The molecule has 0 saturated heterocycles. The van der Waals surface area contributed by atoms with Crippen LogP contribution in [0.4, 0.5) is 0 Å². The monoisotopic (exact) mass is 290 g/mol. The van der Waals surface area contributed by atoms with Crippen molar-refractivity contribution in [2.24, 2.45) is 0 Å². The number of aromatic nitrogens is 1. The van der Waals surface area contributed by atoms with Crippen molar-refractivity contribution in [2.45, 2.75) is 26.3 Å². The van der Waals surface area contributed by atoms with Crippen LogP contribution in [0.5, 0.6) is 11.6 Å². The molecule has 1 N–H and O–H groups in total. The third kappa shape index (κ3) is 4.22. The van der Waals surface area contributed by atoms with Gasteiger partial charge in [-0.15, -0.1) is 0 Å². The van der Waals surface area contributed by atoms with Gasteiger partial charge in [-0.05, 0) is 43.7 Å². The molecular weight excluding hydrogens is 272 g/mol. The van der Waals surface area contributed by atoms with Crippen LogP contribution in [0.3, 0.4) is 0 Å². The number of halogens is 1. The normalized spacial score (nSPS) is 12.2. The largest absolute Gasteiger partial charge is 0.439 e. The first-order valence-electron chi connectivity index (χ1n) is 6.82. The minimum absolute atomic E-state index is 0.294. The molecule has 0 saturated carbocycles. The van der Waals surface area contributed by atoms with E-state index in [-0.39, 0.29) is 0 Å². The minimum Gasteiger partial charge on any atom is -0.439 e. The molecule has 0 aliphatic carbocycles. The molecule has 0 bridgehead atoms.